The third-order valence-electron chi connectivity index (χ3n) is 14.1. The molecular weight excluding hydrogens is 831 g/mol. The minimum absolute atomic E-state index is 0.0648. The molecular formula is C49H58F2N10O4. The Hall–Kier alpha value is -6.13. The molecule has 1 unspecified atom stereocenters. The van der Waals surface area contributed by atoms with E-state index in [9.17, 15) is 19.2 Å². The zero-order chi connectivity index (χ0) is 45.4. The van der Waals surface area contributed by atoms with Crippen molar-refractivity contribution in [3.05, 3.63) is 111 Å². The predicted molar refractivity (Wildman–Crippen MR) is 248 cm³/mol. The number of piperidine rings is 3. The maximum Gasteiger partial charge on any atom is 0.257 e. The molecule has 3 amide bonds. The number of anilines is 3. The molecule has 0 saturated carbocycles. The van der Waals surface area contributed by atoms with Gasteiger partial charge in [0.1, 0.15) is 23.3 Å². The third-order valence-corrected chi connectivity index (χ3v) is 14.1. The fourth-order valence-corrected chi connectivity index (χ4v) is 10.4. The SMILES string of the molecule is CNc1ccn(-c2ccnc3c2cc(CN2CCC(c4c(C)cc(C(=O)N5CCC(CN6CCN(c7ccc(NC8CCC(=O)NC8=O)cc7F)CC6)CC5)cc4F)CC2)n3C)c(=O)c1. The molecule has 1 atom stereocenters. The van der Waals surface area contributed by atoms with Gasteiger partial charge in [0.2, 0.25) is 11.8 Å². The molecule has 0 bridgehead atoms. The molecule has 5 aromatic rings. The maximum absolute atomic E-state index is 16.0. The van der Waals surface area contributed by atoms with Crippen molar-refractivity contribution < 1.29 is 23.2 Å². The average molecular weight is 889 g/mol. The number of halogens is 2. The number of nitrogens with one attached hydrogen (secondary N) is 3. The van der Waals surface area contributed by atoms with E-state index in [2.05, 4.69) is 46.3 Å². The van der Waals surface area contributed by atoms with Gasteiger partial charge in [0.05, 0.1) is 11.4 Å². The van der Waals surface area contributed by atoms with Gasteiger partial charge < -0.3 is 25.0 Å². The second kappa shape index (κ2) is 18.8. The molecule has 4 aliphatic rings. The molecule has 14 nitrogen and oxygen atoms in total. The van der Waals surface area contributed by atoms with Crippen molar-refractivity contribution in [1.82, 2.24) is 34.1 Å². The summed E-state index contributed by atoms with van der Waals surface area (Å²) in [7, 11) is 3.79. The number of likely N-dealkylation sites (tertiary alicyclic amines) is 2. The highest BCUT2D eigenvalue weighted by atomic mass is 19.1. The number of amides is 3. The van der Waals surface area contributed by atoms with Crippen molar-refractivity contribution in [3.63, 3.8) is 0 Å². The van der Waals surface area contributed by atoms with Gasteiger partial charge in [0, 0.05) is 119 Å². The molecule has 4 aliphatic heterocycles. The lowest BCUT2D eigenvalue weighted by atomic mass is 9.85. The first kappa shape index (κ1) is 44.1. The van der Waals surface area contributed by atoms with E-state index in [1.54, 1.807) is 42.2 Å². The molecule has 16 heteroatoms. The van der Waals surface area contributed by atoms with Gasteiger partial charge in [0.25, 0.3) is 11.5 Å². The van der Waals surface area contributed by atoms with E-state index in [1.807, 2.05) is 37.1 Å². The number of benzene rings is 2. The number of carbonyl (C=O) groups excluding carboxylic acids is 3. The highest BCUT2D eigenvalue weighted by molar-refractivity contribution is 6.01. The molecule has 9 rings (SSSR count). The molecule has 0 aliphatic carbocycles. The van der Waals surface area contributed by atoms with E-state index in [0.29, 0.717) is 62.0 Å². The molecule has 65 heavy (non-hydrogen) atoms. The van der Waals surface area contributed by atoms with E-state index in [0.717, 1.165) is 97.6 Å². The van der Waals surface area contributed by atoms with Crippen LogP contribution in [-0.2, 0) is 23.2 Å². The number of carbonyl (C=O) groups is 3. The van der Waals surface area contributed by atoms with Gasteiger partial charge in [-0.2, -0.15) is 0 Å². The smallest absolute Gasteiger partial charge is 0.257 e. The summed E-state index contributed by atoms with van der Waals surface area (Å²) in [6, 6.07) is 15.1. The molecule has 4 fully saturated rings. The number of nitrogens with zero attached hydrogens (tertiary/aromatic N) is 7. The van der Waals surface area contributed by atoms with Crippen LogP contribution in [0.4, 0.5) is 25.8 Å². The van der Waals surface area contributed by atoms with Crippen molar-refractivity contribution >= 4 is 45.8 Å². The molecule has 0 radical (unpaired) electrons. The minimum atomic E-state index is -0.569. The largest absolute Gasteiger partial charge is 0.388 e. The van der Waals surface area contributed by atoms with Gasteiger partial charge in [-0.05, 0) is 124 Å². The van der Waals surface area contributed by atoms with Crippen LogP contribution < -0.4 is 26.4 Å². The average Bonchev–Trinajstić information content (AvgIpc) is 3.62. The lowest BCUT2D eigenvalue weighted by Crippen LogP contribution is -2.49. The van der Waals surface area contributed by atoms with Crippen LogP contribution in [0.15, 0.2) is 71.8 Å². The lowest BCUT2D eigenvalue weighted by Gasteiger charge is -2.39. The molecule has 2 aromatic carbocycles. The standard InChI is InChI=1S/C49H58F2N10O4/c1-31-24-34(25-40(51)46(31)33-11-15-57(16-12-33)30-37-28-38-42(8-14-53-47(38)56(37)3)61-19-13-35(52-2)27-45(61)63)49(65)60-17-9-32(10-18-60)29-58-20-22-59(23-21-58)43-6-4-36(26-39(43)50)54-41-5-7-44(62)55-48(41)64/h4,6,8,13-14,19,24-28,32-33,41,52,54H,5,7,9-12,15-18,20-23,29-30H2,1-3H3,(H,55,62,64). The van der Waals surface area contributed by atoms with Crippen LogP contribution in [0.1, 0.15) is 71.6 Å². The van der Waals surface area contributed by atoms with Gasteiger partial charge in [-0.3, -0.25) is 38.9 Å². The lowest BCUT2D eigenvalue weighted by molar-refractivity contribution is -0.133. The zero-order valence-corrected chi connectivity index (χ0v) is 37.4. The van der Waals surface area contributed by atoms with Gasteiger partial charge in [0.15, 0.2) is 0 Å². The fraction of sp³-hybridized carbons (Fsp3) is 0.449. The number of hydrogen-bond acceptors (Lipinski definition) is 10. The topological polar surface area (TPSA) is 140 Å². The molecule has 7 heterocycles. The number of rotatable bonds is 11. The summed E-state index contributed by atoms with van der Waals surface area (Å²) in [5.74, 6) is -0.947. The molecule has 342 valence electrons. The number of aryl methyl sites for hydroxylation is 2. The van der Waals surface area contributed by atoms with Gasteiger partial charge in [-0.1, -0.05) is 0 Å². The first-order valence-corrected chi connectivity index (χ1v) is 22.9. The molecule has 0 spiro atoms. The van der Waals surface area contributed by atoms with Crippen molar-refractivity contribution in [2.24, 2.45) is 13.0 Å². The van der Waals surface area contributed by atoms with Crippen LogP contribution >= 0.6 is 0 Å². The van der Waals surface area contributed by atoms with E-state index in [-0.39, 0.29) is 41.3 Å². The Balaban J connectivity index is 0.739. The Morgan fingerprint density at radius 2 is 1.58 bits per heavy atom. The summed E-state index contributed by atoms with van der Waals surface area (Å²) in [5, 5.41) is 9.29. The number of aromatic nitrogens is 3. The summed E-state index contributed by atoms with van der Waals surface area (Å²) in [6.07, 6.45) is 7.51. The highest BCUT2D eigenvalue weighted by Crippen LogP contribution is 2.35. The van der Waals surface area contributed by atoms with Crippen molar-refractivity contribution in [2.45, 2.75) is 64.0 Å². The van der Waals surface area contributed by atoms with Crippen LogP contribution in [0.25, 0.3) is 16.7 Å². The summed E-state index contributed by atoms with van der Waals surface area (Å²) >= 11 is 0. The predicted octanol–water partition coefficient (Wildman–Crippen LogP) is 5.62. The molecule has 3 N–H and O–H groups in total. The number of hydrogen-bond donors (Lipinski definition) is 3. The number of fused-ring (bicyclic) bond motifs is 1. The van der Waals surface area contributed by atoms with E-state index in [4.69, 9.17) is 0 Å². The van der Waals surface area contributed by atoms with Crippen molar-refractivity contribution in [2.75, 3.05) is 81.5 Å². The van der Waals surface area contributed by atoms with Crippen molar-refractivity contribution in [1.29, 1.82) is 0 Å². The third kappa shape index (κ3) is 9.37. The molecule has 3 aromatic heterocycles. The van der Waals surface area contributed by atoms with Gasteiger partial charge >= 0.3 is 0 Å². The quantitative estimate of drug-likeness (QED) is 0.143. The second-order valence-electron chi connectivity index (χ2n) is 18.2. The summed E-state index contributed by atoms with van der Waals surface area (Å²) in [4.78, 5) is 63.6. The van der Waals surface area contributed by atoms with Crippen LogP contribution in [-0.4, -0.2) is 119 Å². The second-order valence-corrected chi connectivity index (χ2v) is 18.2. The summed E-state index contributed by atoms with van der Waals surface area (Å²) in [6.45, 7) is 9.42. The fourth-order valence-electron chi connectivity index (χ4n) is 10.4. The highest BCUT2D eigenvalue weighted by Gasteiger charge is 2.31. The first-order valence-electron chi connectivity index (χ1n) is 22.9. The van der Waals surface area contributed by atoms with Crippen LogP contribution in [0.2, 0.25) is 0 Å². The Labute approximate surface area is 377 Å². The Morgan fingerprint density at radius 3 is 2.28 bits per heavy atom. The number of imide groups is 1. The Morgan fingerprint density at radius 1 is 0.815 bits per heavy atom. The Bertz CT molecular complexity index is 2640. The van der Waals surface area contributed by atoms with Crippen LogP contribution in [0, 0.1) is 24.5 Å². The first-order chi connectivity index (χ1) is 31.4. The van der Waals surface area contributed by atoms with E-state index >= 15 is 8.78 Å². The van der Waals surface area contributed by atoms with Crippen LogP contribution in [0.3, 0.4) is 0 Å². The van der Waals surface area contributed by atoms with Gasteiger partial charge in [-0.15, -0.1) is 0 Å². The summed E-state index contributed by atoms with van der Waals surface area (Å²) in [5.41, 5.74) is 6.31. The van der Waals surface area contributed by atoms with E-state index < -0.39 is 11.9 Å². The monoisotopic (exact) mass is 888 g/mol. The normalized spacial score (nSPS) is 19.5. The number of piperazine rings is 1. The molecule has 4 saturated heterocycles. The van der Waals surface area contributed by atoms with E-state index in [1.165, 1.54) is 12.1 Å². The van der Waals surface area contributed by atoms with Crippen molar-refractivity contribution in [3.8, 4) is 5.69 Å². The Kier molecular flexibility index (Phi) is 12.7. The van der Waals surface area contributed by atoms with Crippen LogP contribution in [0.5, 0.6) is 0 Å². The zero-order valence-electron chi connectivity index (χ0n) is 37.4. The minimum Gasteiger partial charge on any atom is -0.388 e. The maximum atomic E-state index is 16.0. The summed E-state index contributed by atoms with van der Waals surface area (Å²) < 4.78 is 35.0. The van der Waals surface area contributed by atoms with Gasteiger partial charge in [-0.25, -0.2) is 13.8 Å². The number of pyridine rings is 2.